The van der Waals surface area contributed by atoms with Gasteiger partial charge in [-0.3, -0.25) is 0 Å². The van der Waals surface area contributed by atoms with Crippen molar-refractivity contribution in [1.29, 1.82) is 0 Å². The minimum absolute atomic E-state index is 0.562. The van der Waals surface area contributed by atoms with Crippen LogP contribution in [0, 0.1) is 0 Å². The van der Waals surface area contributed by atoms with E-state index in [0.29, 0.717) is 10.6 Å². The van der Waals surface area contributed by atoms with E-state index in [0.717, 1.165) is 23.4 Å². The van der Waals surface area contributed by atoms with E-state index in [1.807, 2.05) is 25.1 Å². The molecule has 0 aliphatic rings. The van der Waals surface area contributed by atoms with E-state index in [1.54, 1.807) is 12.1 Å². The second kappa shape index (κ2) is 5.37. The summed E-state index contributed by atoms with van der Waals surface area (Å²) in [6.07, 6.45) is -4.32. The van der Waals surface area contributed by atoms with Crippen molar-refractivity contribution in [2.75, 3.05) is 19.0 Å². The van der Waals surface area contributed by atoms with Gasteiger partial charge in [0.15, 0.2) is 0 Å². The van der Waals surface area contributed by atoms with Crippen LogP contribution in [0.1, 0.15) is 5.56 Å². The van der Waals surface area contributed by atoms with Gasteiger partial charge in [-0.05, 0) is 23.8 Å². The lowest BCUT2D eigenvalue weighted by molar-refractivity contribution is -0.137. The Bertz CT molecular complexity index is 604. The molecule has 5 heteroatoms. The highest BCUT2D eigenvalue weighted by Gasteiger charge is 2.30. The lowest BCUT2D eigenvalue weighted by Gasteiger charge is -2.19. The fourth-order valence-corrected chi connectivity index (χ4v) is 2.39. The third kappa shape index (κ3) is 2.90. The molecular weight excluding hydrogens is 287 g/mol. The van der Waals surface area contributed by atoms with E-state index < -0.39 is 11.7 Å². The second-order valence-corrected chi connectivity index (χ2v) is 5.01. The summed E-state index contributed by atoms with van der Waals surface area (Å²) in [4.78, 5) is 1.84. The lowest BCUT2D eigenvalue weighted by atomic mass is 10.0. The van der Waals surface area contributed by atoms with Gasteiger partial charge in [0.1, 0.15) is 0 Å². The number of alkyl halides is 3. The van der Waals surface area contributed by atoms with Crippen LogP contribution in [0.25, 0.3) is 11.1 Å². The minimum atomic E-state index is -4.32. The fraction of sp³-hybridized carbons (Fsp3) is 0.200. The van der Waals surface area contributed by atoms with Crippen LogP contribution >= 0.6 is 11.6 Å². The largest absolute Gasteiger partial charge is 0.416 e. The van der Waals surface area contributed by atoms with E-state index in [-0.39, 0.29) is 0 Å². The lowest BCUT2D eigenvalue weighted by Crippen LogP contribution is -2.10. The number of hydrogen-bond acceptors (Lipinski definition) is 1. The van der Waals surface area contributed by atoms with Gasteiger partial charge in [-0.15, -0.1) is 0 Å². The molecule has 0 amide bonds. The molecule has 0 N–H and O–H groups in total. The van der Waals surface area contributed by atoms with Gasteiger partial charge in [0.05, 0.1) is 16.3 Å². The second-order valence-electron chi connectivity index (χ2n) is 4.61. The van der Waals surface area contributed by atoms with Crippen molar-refractivity contribution in [2.24, 2.45) is 0 Å². The average molecular weight is 300 g/mol. The van der Waals surface area contributed by atoms with Crippen LogP contribution in [-0.2, 0) is 6.18 Å². The molecule has 0 aromatic heterocycles. The van der Waals surface area contributed by atoms with Gasteiger partial charge in [-0.2, -0.15) is 13.2 Å². The molecule has 0 aliphatic heterocycles. The third-order valence-electron chi connectivity index (χ3n) is 2.96. The zero-order valence-electron chi connectivity index (χ0n) is 11.0. The summed E-state index contributed by atoms with van der Waals surface area (Å²) in [6.45, 7) is 0. The van der Waals surface area contributed by atoms with Crippen molar-refractivity contribution in [2.45, 2.75) is 6.18 Å². The first kappa shape index (κ1) is 14.7. The maximum Gasteiger partial charge on any atom is 0.416 e. The normalized spacial score (nSPS) is 11.5. The SMILES string of the molecule is CN(C)c1c(Cl)cccc1-c1ccc(C(F)(F)F)cc1. The molecular formula is C15H13ClF3N. The summed E-state index contributed by atoms with van der Waals surface area (Å²) in [6, 6.07) is 10.4. The van der Waals surface area contributed by atoms with Gasteiger partial charge in [0.2, 0.25) is 0 Å². The Kier molecular flexibility index (Phi) is 3.95. The molecule has 20 heavy (non-hydrogen) atoms. The van der Waals surface area contributed by atoms with Crippen LogP contribution in [-0.4, -0.2) is 14.1 Å². The Balaban J connectivity index is 2.50. The van der Waals surface area contributed by atoms with Crippen LogP contribution in [0.15, 0.2) is 42.5 Å². The molecule has 0 fully saturated rings. The van der Waals surface area contributed by atoms with Gasteiger partial charge in [0, 0.05) is 19.7 Å². The first-order chi connectivity index (χ1) is 9.30. The molecule has 106 valence electrons. The predicted octanol–water partition coefficient (Wildman–Crippen LogP) is 5.09. The van der Waals surface area contributed by atoms with Gasteiger partial charge < -0.3 is 4.90 Å². The summed E-state index contributed by atoms with van der Waals surface area (Å²) in [5.74, 6) is 0. The summed E-state index contributed by atoms with van der Waals surface area (Å²) in [5, 5.41) is 0.562. The zero-order valence-corrected chi connectivity index (χ0v) is 11.8. The molecule has 0 heterocycles. The third-order valence-corrected chi connectivity index (χ3v) is 3.26. The van der Waals surface area contributed by atoms with Crippen LogP contribution in [0.2, 0.25) is 5.02 Å². The zero-order chi connectivity index (χ0) is 14.9. The highest BCUT2D eigenvalue weighted by Crippen LogP contribution is 2.37. The minimum Gasteiger partial charge on any atom is -0.376 e. The fourth-order valence-electron chi connectivity index (χ4n) is 2.04. The van der Waals surface area contributed by atoms with E-state index in [2.05, 4.69) is 0 Å². The van der Waals surface area contributed by atoms with Crippen LogP contribution in [0.4, 0.5) is 18.9 Å². The van der Waals surface area contributed by atoms with Crippen LogP contribution in [0.5, 0.6) is 0 Å². The van der Waals surface area contributed by atoms with Crippen LogP contribution < -0.4 is 4.90 Å². The number of halogens is 4. The molecule has 0 atom stereocenters. The average Bonchev–Trinajstić information content (AvgIpc) is 2.37. The predicted molar refractivity (Wildman–Crippen MR) is 76.2 cm³/mol. The molecule has 1 nitrogen and oxygen atoms in total. The van der Waals surface area contributed by atoms with Crippen molar-refractivity contribution in [3.63, 3.8) is 0 Å². The van der Waals surface area contributed by atoms with E-state index in [4.69, 9.17) is 11.6 Å². The molecule has 2 aromatic rings. The monoisotopic (exact) mass is 299 g/mol. The highest BCUT2D eigenvalue weighted by molar-refractivity contribution is 6.34. The van der Waals surface area contributed by atoms with Gasteiger partial charge >= 0.3 is 6.18 Å². The molecule has 2 aromatic carbocycles. The maximum atomic E-state index is 12.6. The summed E-state index contributed by atoms with van der Waals surface area (Å²) in [7, 11) is 3.68. The molecule has 0 unspecified atom stereocenters. The quantitative estimate of drug-likeness (QED) is 0.746. The summed E-state index contributed by atoms with van der Waals surface area (Å²) in [5.41, 5.74) is 1.63. The number of para-hydroxylation sites is 1. The molecule has 0 spiro atoms. The Morgan fingerprint density at radius 1 is 0.950 bits per heavy atom. The topological polar surface area (TPSA) is 3.24 Å². The number of nitrogens with zero attached hydrogens (tertiary/aromatic N) is 1. The molecule has 0 bridgehead atoms. The van der Waals surface area contributed by atoms with Crippen LogP contribution in [0.3, 0.4) is 0 Å². The standard InChI is InChI=1S/C15H13ClF3N/c1-20(2)14-12(4-3-5-13(14)16)10-6-8-11(9-7-10)15(17,18)19/h3-9H,1-2H3. The Hall–Kier alpha value is -1.68. The van der Waals surface area contributed by atoms with Gasteiger partial charge in [-0.1, -0.05) is 35.9 Å². The van der Waals surface area contributed by atoms with Crippen molar-refractivity contribution in [3.8, 4) is 11.1 Å². The van der Waals surface area contributed by atoms with E-state index in [9.17, 15) is 13.2 Å². The van der Waals surface area contributed by atoms with Crippen molar-refractivity contribution in [1.82, 2.24) is 0 Å². The molecule has 0 saturated heterocycles. The van der Waals surface area contributed by atoms with E-state index in [1.165, 1.54) is 12.1 Å². The molecule has 2 rings (SSSR count). The molecule has 0 radical (unpaired) electrons. The van der Waals surface area contributed by atoms with Crippen molar-refractivity contribution in [3.05, 3.63) is 53.1 Å². The highest BCUT2D eigenvalue weighted by atomic mass is 35.5. The summed E-state index contributed by atoms with van der Waals surface area (Å²) < 4.78 is 37.7. The Morgan fingerprint density at radius 2 is 1.55 bits per heavy atom. The number of hydrogen-bond donors (Lipinski definition) is 0. The maximum absolute atomic E-state index is 12.6. The number of rotatable bonds is 2. The van der Waals surface area contributed by atoms with Crippen molar-refractivity contribution >= 4 is 17.3 Å². The Morgan fingerprint density at radius 3 is 2.05 bits per heavy atom. The summed E-state index contributed by atoms with van der Waals surface area (Å²) >= 11 is 6.16. The first-order valence-corrected chi connectivity index (χ1v) is 6.32. The van der Waals surface area contributed by atoms with E-state index >= 15 is 0 Å². The molecule has 0 saturated carbocycles. The number of benzene rings is 2. The smallest absolute Gasteiger partial charge is 0.376 e. The first-order valence-electron chi connectivity index (χ1n) is 5.94. The number of anilines is 1. The van der Waals surface area contributed by atoms with Gasteiger partial charge in [-0.25, -0.2) is 0 Å². The van der Waals surface area contributed by atoms with Gasteiger partial charge in [0.25, 0.3) is 0 Å². The molecule has 0 aliphatic carbocycles. The Labute approximate surface area is 120 Å². The van der Waals surface area contributed by atoms with Crippen molar-refractivity contribution < 1.29 is 13.2 Å².